The van der Waals surface area contributed by atoms with Gasteiger partial charge < -0.3 is 0 Å². The fourth-order valence-electron chi connectivity index (χ4n) is 7.23. The van der Waals surface area contributed by atoms with Gasteiger partial charge in [0.15, 0.2) is 0 Å². The lowest BCUT2D eigenvalue weighted by Gasteiger charge is -2.24. The Hall–Kier alpha value is 0. The quantitative estimate of drug-likeness (QED) is 0.449. The Morgan fingerprint density at radius 1 is 0.435 bits per heavy atom. The van der Waals surface area contributed by atoms with E-state index in [1.54, 1.807) is 77.0 Å². The summed E-state index contributed by atoms with van der Waals surface area (Å²) < 4.78 is 0. The minimum absolute atomic E-state index is 1.12. The zero-order valence-electron chi connectivity index (χ0n) is 15.5. The van der Waals surface area contributed by atoms with Gasteiger partial charge in [0.25, 0.3) is 0 Å². The first-order valence-electron chi connectivity index (χ1n) is 11.4. The van der Waals surface area contributed by atoms with Crippen molar-refractivity contribution in [3.05, 3.63) is 0 Å². The van der Waals surface area contributed by atoms with Crippen LogP contribution in [0.3, 0.4) is 0 Å². The van der Waals surface area contributed by atoms with Crippen LogP contribution in [0.2, 0.25) is 0 Å². The summed E-state index contributed by atoms with van der Waals surface area (Å²) in [6.07, 6.45) is 26.7. The van der Waals surface area contributed by atoms with E-state index in [2.05, 4.69) is 0 Å². The molecule has 0 bridgehead atoms. The molecule has 0 nitrogen and oxygen atoms in total. The van der Waals surface area contributed by atoms with Gasteiger partial charge >= 0.3 is 0 Å². The van der Waals surface area contributed by atoms with Crippen molar-refractivity contribution in [1.82, 2.24) is 0 Å². The first-order chi connectivity index (χ1) is 11.4. The van der Waals surface area contributed by atoms with Crippen molar-refractivity contribution in [3.8, 4) is 0 Å². The maximum Gasteiger partial charge on any atom is -0.0383 e. The normalized spacial score (nSPS) is 43.3. The molecule has 4 rings (SSSR count). The standard InChI is InChI=1S/C23H40/c1(2-8-18-14-20-10-4-5-11-21(20)15-18)3-9-19-16-22-12-6-7-13-23(22)17-19/h18-23H,1-17H2. The fourth-order valence-corrected chi connectivity index (χ4v) is 7.23. The molecule has 0 aromatic heterocycles. The van der Waals surface area contributed by atoms with Crippen molar-refractivity contribution < 1.29 is 0 Å². The average molecular weight is 317 g/mol. The Morgan fingerprint density at radius 2 is 0.783 bits per heavy atom. The van der Waals surface area contributed by atoms with Crippen molar-refractivity contribution in [2.24, 2.45) is 35.5 Å². The van der Waals surface area contributed by atoms with E-state index in [0.717, 1.165) is 35.5 Å². The lowest BCUT2D eigenvalue weighted by atomic mass is 9.82. The minimum Gasteiger partial charge on any atom is -0.0533 e. The zero-order valence-corrected chi connectivity index (χ0v) is 15.5. The highest BCUT2D eigenvalue weighted by molar-refractivity contribution is 4.87. The molecule has 0 amide bonds. The van der Waals surface area contributed by atoms with Crippen LogP contribution in [0.1, 0.15) is 109 Å². The molecule has 4 unspecified atom stereocenters. The lowest BCUT2D eigenvalue weighted by Crippen LogP contribution is -2.12. The van der Waals surface area contributed by atoms with Crippen LogP contribution in [-0.2, 0) is 0 Å². The van der Waals surface area contributed by atoms with Crippen molar-refractivity contribution >= 4 is 0 Å². The van der Waals surface area contributed by atoms with E-state index in [0.29, 0.717) is 0 Å². The van der Waals surface area contributed by atoms with Gasteiger partial charge in [-0.2, -0.15) is 0 Å². The van der Waals surface area contributed by atoms with Crippen LogP contribution in [0.5, 0.6) is 0 Å². The van der Waals surface area contributed by atoms with Gasteiger partial charge in [-0.25, -0.2) is 0 Å². The molecular formula is C23H40. The second-order valence-corrected chi connectivity index (χ2v) is 9.92. The van der Waals surface area contributed by atoms with E-state index < -0.39 is 0 Å². The molecular weight excluding hydrogens is 276 g/mol. The number of fused-ring (bicyclic) bond motifs is 2. The molecule has 0 heteroatoms. The Labute approximate surface area is 145 Å². The molecule has 4 saturated carbocycles. The van der Waals surface area contributed by atoms with Crippen molar-refractivity contribution in [1.29, 1.82) is 0 Å². The van der Waals surface area contributed by atoms with Gasteiger partial charge in [0, 0.05) is 0 Å². The Bertz CT molecular complexity index is 297. The van der Waals surface area contributed by atoms with E-state index in [-0.39, 0.29) is 0 Å². The van der Waals surface area contributed by atoms with Crippen LogP contribution < -0.4 is 0 Å². The maximum atomic E-state index is 1.61. The van der Waals surface area contributed by atoms with Crippen LogP contribution >= 0.6 is 0 Å². The lowest BCUT2D eigenvalue weighted by molar-refractivity contribution is 0.277. The summed E-state index contributed by atoms with van der Waals surface area (Å²) in [5.41, 5.74) is 0. The van der Waals surface area contributed by atoms with Gasteiger partial charge in [-0.15, -0.1) is 0 Å². The molecule has 0 aliphatic heterocycles. The topological polar surface area (TPSA) is 0 Å². The molecule has 4 aliphatic carbocycles. The molecule has 0 saturated heterocycles. The molecule has 0 aromatic carbocycles. The van der Waals surface area contributed by atoms with Crippen LogP contribution in [0.4, 0.5) is 0 Å². The summed E-state index contributed by atoms with van der Waals surface area (Å²) in [5, 5.41) is 0. The van der Waals surface area contributed by atoms with Gasteiger partial charge in [0.05, 0.1) is 0 Å². The van der Waals surface area contributed by atoms with Gasteiger partial charge in [-0.3, -0.25) is 0 Å². The SMILES string of the molecule is C(CCC1CC2CCCCC2C1)CCC1CC2CCCCC2C1. The first kappa shape index (κ1) is 16.5. The van der Waals surface area contributed by atoms with Crippen molar-refractivity contribution in [2.45, 2.75) is 109 Å². The molecule has 0 heterocycles. The van der Waals surface area contributed by atoms with Gasteiger partial charge in [0.2, 0.25) is 0 Å². The Balaban J connectivity index is 1.07. The highest BCUT2D eigenvalue weighted by Crippen LogP contribution is 2.48. The van der Waals surface area contributed by atoms with E-state index in [4.69, 9.17) is 0 Å². The van der Waals surface area contributed by atoms with Crippen molar-refractivity contribution in [2.75, 3.05) is 0 Å². The third-order valence-electron chi connectivity index (χ3n) is 8.40. The second-order valence-electron chi connectivity index (χ2n) is 9.92. The van der Waals surface area contributed by atoms with Crippen LogP contribution in [-0.4, -0.2) is 0 Å². The van der Waals surface area contributed by atoms with Gasteiger partial charge in [0.1, 0.15) is 0 Å². The number of hydrogen-bond donors (Lipinski definition) is 0. The molecule has 23 heavy (non-hydrogen) atoms. The van der Waals surface area contributed by atoms with E-state index in [1.807, 2.05) is 0 Å². The Kier molecular flexibility index (Phi) is 5.67. The van der Waals surface area contributed by atoms with E-state index in [1.165, 1.54) is 32.1 Å². The molecule has 4 fully saturated rings. The van der Waals surface area contributed by atoms with Gasteiger partial charge in [-0.1, -0.05) is 83.5 Å². The number of hydrogen-bond acceptors (Lipinski definition) is 0. The monoisotopic (exact) mass is 316 g/mol. The van der Waals surface area contributed by atoms with Crippen LogP contribution in [0.25, 0.3) is 0 Å². The molecule has 0 spiro atoms. The smallest absolute Gasteiger partial charge is 0.0383 e. The average Bonchev–Trinajstić information content (AvgIpc) is 3.17. The molecule has 4 aliphatic rings. The summed E-state index contributed by atoms with van der Waals surface area (Å²) in [4.78, 5) is 0. The summed E-state index contributed by atoms with van der Waals surface area (Å²) in [7, 11) is 0. The summed E-state index contributed by atoms with van der Waals surface area (Å²) >= 11 is 0. The third-order valence-corrected chi connectivity index (χ3v) is 8.40. The predicted molar refractivity (Wildman–Crippen MR) is 99.4 cm³/mol. The fraction of sp³-hybridized carbons (Fsp3) is 1.00. The largest absolute Gasteiger partial charge is 0.0533 e. The first-order valence-corrected chi connectivity index (χ1v) is 11.4. The molecule has 0 N–H and O–H groups in total. The highest BCUT2D eigenvalue weighted by Gasteiger charge is 2.36. The number of unbranched alkanes of at least 4 members (excludes halogenated alkanes) is 2. The molecule has 0 radical (unpaired) electrons. The van der Waals surface area contributed by atoms with Gasteiger partial charge in [-0.05, 0) is 61.2 Å². The van der Waals surface area contributed by atoms with Crippen molar-refractivity contribution in [3.63, 3.8) is 0 Å². The Morgan fingerprint density at radius 3 is 1.13 bits per heavy atom. The predicted octanol–water partition coefficient (Wildman–Crippen LogP) is 7.37. The maximum absolute atomic E-state index is 1.61. The third kappa shape index (κ3) is 4.16. The summed E-state index contributed by atoms with van der Waals surface area (Å²) in [5.74, 6) is 6.84. The molecule has 0 aromatic rings. The van der Waals surface area contributed by atoms with Crippen LogP contribution in [0, 0.1) is 35.5 Å². The minimum atomic E-state index is 1.12. The van der Waals surface area contributed by atoms with Crippen LogP contribution in [0.15, 0.2) is 0 Å². The van der Waals surface area contributed by atoms with E-state index >= 15 is 0 Å². The number of rotatable bonds is 6. The highest BCUT2D eigenvalue weighted by atomic mass is 14.4. The summed E-state index contributed by atoms with van der Waals surface area (Å²) in [6.45, 7) is 0. The summed E-state index contributed by atoms with van der Waals surface area (Å²) in [6, 6.07) is 0. The molecule has 132 valence electrons. The zero-order chi connectivity index (χ0) is 15.5. The van der Waals surface area contributed by atoms with E-state index in [9.17, 15) is 0 Å². The molecule has 4 atom stereocenters. The second kappa shape index (κ2) is 7.92.